The van der Waals surface area contributed by atoms with Gasteiger partial charge in [0.25, 0.3) is 0 Å². The number of hydrogen-bond donors (Lipinski definition) is 2. The second kappa shape index (κ2) is 8.85. The molecule has 2 aromatic heterocycles. The number of amides is 2. The second-order valence-corrected chi connectivity index (χ2v) is 7.17. The molecule has 2 N–H and O–H groups in total. The number of urea groups is 1. The number of aromatic nitrogens is 4. The van der Waals surface area contributed by atoms with Crippen LogP contribution in [0.4, 0.5) is 16.2 Å². The number of aryl methyl sites for hydroxylation is 2. The SMILES string of the molecule is Cc1ccc(NC(=O)Nc2ccc(Oc3ccc(-n4ccnc4C)nn3)cc2)c(Cl)c1. The van der Waals surface area contributed by atoms with Gasteiger partial charge in [0.15, 0.2) is 5.82 Å². The molecule has 2 heterocycles. The van der Waals surface area contributed by atoms with E-state index in [1.807, 2.05) is 30.7 Å². The number of hydrogen-bond acceptors (Lipinski definition) is 5. The Labute approximate surface area is 183 Å². The van der Waals surface area contributed by atoms with Crippen LogP contribution in [0, 0.1) is 13.8 Å². The minimum atomic E-state index is -0.393. The number of benzene rings is 2. The average Bonchev–Trinajstić information content (AvgIpc) is 3.18. The minimum Gasteiger partial charge on any atom is -0.438 e. The van der Waals surface area contributed by atoms with E-state index < -0.39 is 6.03 Å². The largest absolute Gasteiger partial charge is 0.438 e. The first-order valence-electron chi connectivity index (χ1n) is 9.44. The van der Waals surface area contributed by atoms with Gasteiger partial charge in [-0.2, -0.15) is 0 Å². The smallest absolute Gasteiger partial charge is 0.323 e. The normalized spacial score (nSPS) is 10.5. The van der Waals surface area contributed by atoms with Crippen LogP contribution in [0.25, 0.3) is 5.82 Å². The summed E-state index contributed by atoms with van der Waals surface area (Å²) in [7, 11) is 0. The van der Waals surface area contributed by atoms with Gasteiger partial charge in [0.05, 0.1) is 10.7 Å². The fourth-order valence-corrected chi connectivity index (χ4v) is 3.13. The van der Waals surface area contributed by atoms with E-state index in [2.05, 4.69) is 25.8 Å². The molecular weight excluding hydrogens is 416 g/mol. The molecule has 9 heteroatoms. The zero-order valence-corrected chi connectivity index (χ0v) is 17.6. The van der Waals surface area contributed by atoms with E-state index in [1.54, 1.807) is 54.7 Å². The quantitative estimate of drug-likeness (QED) is 0.440. The van der Waals surface area contributed by atoms with Gasteiger partial charge >= 0.3 is 6.03 Å². The van der Waals surface area contributed by atoms with Gasteiger partial charge in [0, 0.05) is 24.1 Å². The number of rotatable bonds is 5. The van der Waals surface area contributed by atoms with Gasteiger partial charge in [0.1, 0.15) is 11.6 Å². The molecule has 0 unspecified atom stereocenters. The number of anilines is 2. The number of carbonyl (C=O) groups excluding carboxylic acids is 1. The highest BCUT2D eigenvalue weighted by molar-refractivity contribution is 6.33. The lowest BCUT2D eigenvalue weighted by Gasteiger charge is -2.10. The Balaban J connectivity index is 1.36. The standard InChI is InChI=1S/C22H19ClN6O2/c1-14-3-8-19(18(23)13-14)26-22(30)25-16-4-6-17(7-5-16)31-21-10-9-20(27-28-21)29-12-11-24-15(29)2/h3-13H,1-2H3,(H2,25,26,30). The highest BCUT2D eigenvalue weighted by Gasteiger charge is 2.08. The maximum atomic E-state index is 12.2. The van der Waals surface area contributed by atoms with Crippen LogP contribution in [0.15, 0.2) is 67.0 Å². The summed E-state index contributed by atoms with van der Waals surface area (Å²) in [6.45, 7) is 3.82. The Bertz CT molecular complexity index is 1210. The van der Waals surface area contributed by atoms with Crippen molar-refractivity contribution in [2.24, 2.45) is 0 Å². The van der Waals surface area contributed by atoms with Gasteiger partial charge in [-0.25, -0.2) is 9.78 Å². The molecule has 2 amide bonds. The highest BCUT2D eigenvalue weighted by atomic mass is 35.5. The molecule has 156 valence electrons. The molecule has 0 aliphatic rings. The van der Waals surface area contributed by atoms with Crippen molar-refractivity contribution in [1.29, 1.82) is 0 Å². The van der Waals surface area contributed by atoms with Gasteiger partial charge in [-0.05, 0) is 61.9 Å². The van der Waals surface area contributed by atoms with Crippen molar-refractivity contribution in [2.45, 2.75) is 13.8 Å². The van der Waals surface area contributed by atoms with Gasteiger partial charge in [-0.3, -0.25) is 4.57 Å². The molecule has 0 saturated heterocycles. The summed E-state index contributed by atoms with van der Waals surface area (Å²) in [4.78, 5) is 16.4. The molecule has 4 aromatic rings. The van der Waals surface area contributed by atoms with E-state index >= 15 is 0 Å². The summed E-state index contributed by atoms with van der Waals surface area (Å²) in [5, 5.41) is 14.2. The molecule has 0 aliphatic carbocycles. The summed E-state index contributed by atoms with van der Waals surface area (Å²) in [6, 6.07) is 15.5. The van der Waals surface area contributed by atoms with Crippen LogP contribution in [0.2, 0.25) is 5.02 Å². The molecule has 0 spiro atoms. The maximum absolute atomic E-state index is 12.2. The Morgan fingerprint density at radius 2 is 1.81 bits per heavy atom. The summed E-state index contributed by atoms with van der Waals surface area (Å²) in [5.74, 6) is 2.39. The van der Waals surface area contributed by atoms with Crippen molar-refractivity contribution in [3.05, 3.63) is 83.4 Å². The summed E-state index contributed by atoms with van der Waals surface area (Å²) >= 11 is 6.15. The van der Waals surface area contributed by atoms with Crippen LogP contribution in [-0.2, 0) is 0 Å². The van der Waals surface area contributed by atoms with E-state index in [9.17, 15) is 4.79 Å². The third kappa shape index (κ3) is 4.99. The van der Waals surface area contributed by atoms with Gasteiger partial charge in [-0.1, -0.05) is 17.7 Å². The predicted molar refractivity (Wildman–Crippen MR) is 119 cm³/mol. The summed E-state index contributed by atoms with van der Waals surface area (Å²) in [6.07, 6.45) is 3.52. The van der Waals surface area contributed by atoms with Crippen LogP contribution >= 0.6 is 11.6 Å². The van der Waals surface area contributed by atoms with Crippen molar-refractivity contribution in [3.8, 4) is 17.4 Å². The van der Waals surface area contributed by atoms with E-state index in [1.165, 1.54) is 0 Å². The van der Waals surface area contributed by atoms with E-state index in [4.69, 9.17) is 16.3 Å². The fraction of sp³-hybridized carbons (Fsp3) is 0.0909. The number of halogens is 1. The van der Waals surface area contributed by atoms with E-state index in [-0.39, 0.29) is 0 Å². The van der Waals surface area contributed by atoms with Gasteiger partial charge in [-0.15, -0.1) is 10.2 Å². The number of carbonyl (C=O) groups is 1. The number of nitrogens with zero attached hydrogens (tertiary/aromatic N) is 4. The number of imidazole rings is 1. The Kier molecular flexibility index (Phi) is 5.81. The maximum Gasteiger partial charge on any atom is 0.323 e. The first-order valence-corrected chi connectivity index (χ1v) is 9.82. The van der Waals surface area contributed by atoms with Gasteiger partial charge in [0.2, 0.25) is 5.88 Å². The molecule has 4 rings (SSSR count). The Hall–Kier alpha value is -3.91. The first kappa shape index (κ1) is 20.4. The number of ether oxygens (including phenoxy) is 1. The van der Waals surface area contributed by atoms with Gasteiger partial charge < -0.3 is 15.4 Å². The van der Waals surface area contributed by atoms with Crippen LogP contribution in [0.1, 0.15) is 11.4 Å². The molecule has 0 fully saturated rings. The molecule has 31 heavy (non-hydrogen) atoms. The van der Waals surface area contributed by atoms with Crippen LogP contribution in [0.3, 0.4) is 0 Å². The van der Waals surface area contributed by atoms with Crippen LogP contribution in [-0.4, -0.2) is 25.8 Å². The second-order valence-electron chi connectivity index (χ2n) is 6.76. The van der Waals surface area contributed by atoms with Crippen LogP contribution < -0.4 is 15.4 Å². The highest BCUT2D eigenvalue weighted by Crippen LogP contribution is 2.24. The van der Waals surface area contributed by atoms with Crippen LogP contribution in [0.5, 0.6) is 11.6 Å². The predicted octanol–water partition coefficient (Wildman–Crippen LogP) is 5.37. The lowest BCUT2D eigenvalue weighted by atomic mass is 10.2. The first-order chi connectivity index (χ1) is 15.0. The van der Waals surface area contributed by atoms with Crippen molar-refractivity contribution in [3.63, 3.8) is 0 Å². The fourth-order valence-electron chi connectivity index (χ4n) is 2.85. The molecule has 0 aliphatic heterocycles. The van der Waals surface area contributed by atoms with Crippen molar-refractivity contribution in [2.75, 3.05) is 10.6 Å². The molecule has 0 saturated carbocycles. The molecular formula is C22H19ClN6O2. The lowest BCUT2D eigenvalue weighted by molar-refractivity contribution is 0.262. The Morgan fingerprint density at radius 1 is 1.00 bits per heavy atom. The minimum absolute atomic E-state index is 0.356. The van der Waals surface area contributed by atoms with E-state index in [0.29, 0.717) is 33.8 Å². The lowest BCUT2D eigenvalue weighted by Crippen LogP contribution is -2.19. The van der Waals surface area contributed by atoms with E-state index in [0.717, 1.165) is 11.4 Å². The van der Waals surface area contributed by atoms with Crippen molar-refractivity contribution < 1.29 is 9.53 Å². The Morgan fingerprint density at radius 3 is 2.45 bits per heavy atom. The van der Waals surface area contributed by atoms with Crippen molar-refractivity contribution >= 4 is 29.0 Å². The third-order valence-corrected chi connectivity index (χ3v) is 4.72. The average molecular weight is 435 g/mol. The molecule has 0 radical (unpaired) electrons. The monoisotopic (exact) mass is 434 g/mol. The molecule has 2 aromatic carbocycles. The summed E-state index contributed by atoms with van der Waals surface area (Å²) in [5.41, 5.74) is 2.16. The molecule has 0 atom stereocenters. The van der Waals surface area contributed by atoms with Crippen molar-refractivity contribution in [1.82, 2.24) is 19.7 Å². The zero-order chi connectivity index (χ0) is 21.8. The zero-order valence-electron chi connectivity index (χ0n) is 16.8. The third-order valence-electron chi connectivity index (χ3n) is 4.41. The summed E-state index contributed by atoms with van der Waals surface area (Å²) < 4.78 is 7.54. The number of nitrogens with one attached hydrogen (secondary N) is 2. The topological polar surface area (TPSA) is 94.0 Å². The molecule has 8 nitrogen and oxygen atoms in total. The molecule has 0 bridgehead atoms.